The van der Waals surface area contributed by atoms with Crippen LogP contribution in [-0.4, -0.2) is 35.9 Å². The minimum atomic E-state index is -0.388. The molecule has 0 aliphatic carbocycles. The van der Waals surface area contributed by atoms with Gasteiger partial charge in [0.25, 0.3) is 5.91 Å². The van der Waals surface area contributed by atoms with Crippen LogP contribution in [0, 0.1) is 0 Å². The van der Waals surface area contributed by atoms with Crippen molar-refractivity contribution in [3.63, 3.8) is 0 Å². The van der Waals surface area contributed by atoms with Gasteiger partial charge in [-0.15, -0.1) is 0 Å². The van der Waals surface area contributed by atoms with Crippen LogP contribution in [0.5, 0.6) is 5.75 Å². The predicted octanol–water partition coefficient (Wildman–Crippen LogP) is 2.69. The SMILES string of the molecule is CC(=O)OCCCOc1ccc2c(c1)CN1C(=N2)NC(=O)C1c1ccccc1. The molecule has 4 rings (SSSR count). The lowest BCUT2D eigenvalue weighted by Crippen LogP contribution is -2.33. The van der Waals surface area contributed by atoms with Gasteiger partial charge in [0.15, 0.2) is 0 Å². The van der Waals surface area contributed by atoms with Crippen molar-refractivity contribution >= 4 is 23.5 Å². The van der Waals surface area contributed by atoms with Gasteiger partial charge in [0.05, 0.1) is 18.9 Å². The van der Waals surface area contributed by atoms with E-state index in [1.165, 1.54) is 6.92 Å². The molecular formula is C21H21N3O4. The van der Waals surface area contributed by atoms with Gasteiger partial charge >= 0.3 is 5.97 Å². The number of esters is 1. The lowest BCUT2D eigenvalue weighted by molar-refractivity contribution is -0.141. The van der Waals surface area contributed by atoms with Crippen LogP contribution in [0.25, 0.3) is 0 Å². The molecule has 2 aliphatic rings. The Labute approximate surface area is 163 Å². The van der Waals surface area contributed by atoms with Gasteiger partial charge < -0.3 is 14.4 Å². The molecule has 28 heavy (non-hydrogen) atoms. The van der Waals surface area contributed by atoms with Crippen molar-refractivity contribution in [1.82, 2.24) is 10.2 Å². The number of rotatable bonds is 6. The van der Waals surface area contributed by atoms with Crippen molar-refractivity contribution in [1.29, 1.82) is 0 Å². The highest BCUT2D eigenvalue weighted by atomic mass is 16.5. The zero-order chi connectivity index (χ0) is 19.5. The Hall–Kier alpha value is -3.35. The molecule has 2 aliphatic heterocycles. The Morgan fingerprint density at radius 1 is 1.21 bits per heavy atom. The number of hydrogen-bond acceptors (Lipinski definition) is 6. The molecule has 2 aromatic carbocycles. The van der Waals surface area contributed by atoms with E-state index in [2.05, 4.69) is 10.3 Å². The fourth-order valence-electron chi connectivity index (χ4n) is 3.39. The highest BCUT2D eigenvalue weighted by Crippen LogP contribution is 2.36. The van der Waals surface area contributed by atoms with Crippen LogP contribution < -0.4 is 10.1 Å². The van der Waals surface area contributed by atoms with Gasteiger partial charge in [-0.1, -0.05) is 30.3 Å². The lowest BCUT2D eigenvalue weighted by atomic mass is 10.0. The van der Waals surface area contributed by atoms with Crippen LogP contribution in [0.2, 0.25) is 0 Å². The van der Waals surface area contributed by atoms with E-state index in [4.69, 9.17) is 9.47 Å². The van der Waals surface area contributed by atoms with Crippen LogP contribution in [0.15, 0.2) is 53.5 Å². The minimum absolute atomic E-state index is 0.0697. The van der Waals surface area contributed by atoms with Crippen molar-refractivity contribution in [3.8, 4) is 5.75 Å². The van der Waals surface area contributed by atoms with Gasteiger partial charge in [0.1, 0.15) is 11.8 Å². The maximum absolute atomic E-state index is 12.5. The summed E-state index contributed by atoms with van der Waals surface area (Å²) in [5.41, 5.74) is 2.76. The molecule has 1 atom stereocenters. The number of carbonyl (C=O) groups excluding carboxylic acids is 2. The molecule has 0 saturated carbocycles. The molecule has 0 spiro atoms. The number of amides is 1. The standard InChI is InChI=1S/C21H21N3O4/c1-14(25)27-10-5-11-28-17-8-9-18-16(12-17)13-24-19(15-6-3-2-4-7-15)20(26)23-21(24)22-18/h2-4,6-9,12,19H,5,10-11,13H2,1H3,(H,22,23,26). The maximum atomic E-state index is 12.5. The Morgan fingerprint density at radius 2 is 2.04 bits per heavy atom. The van der Waals surface area contributed by atoms with Gasteiger partial charge in [0, 0.05) is 25.5 Å². The topological polar surface area (TPSA) is 80.2 Å². The van der Waals surface area contributed by atoms with E-state index in [0.717, 1.165) is 22.6 Å². The van der Waals surface area contributed by atoms with Crippen LogP contribution in [0.4, 0.5) is 5.69 Å². The maximum Gasteiger partial charge on any atom is 0.302 e. The molecule has 7 heteroatoms. The molecule has 0 bridgehead atoms. The molecular weight excluding hydrogens is 358 g/mol. The number of fused-ring (bicyclic) bond motifs is 2. The van der Waals surface area contributed by atoms with Crippen LogP contribution >= 0.6 is 0 Å². The molecule has 1 N–H and O–H groups in total. The number of nitrogens with one attached hydrogen (secondary N) is 1. The van der Waals surface area contributed by atoms with E-state index in [1.807, 2.05) is 53.4 Å². The highest BCUT2D eigenvalue weighted by molar-refractivity contribution is 6.08. The smallest absolute Gasteiger partial charge is 0.302 e. The van der Waals surface area contributed by atoms with Gasteiger partial charge in [-0.25, -0.2) is 4.99 Å². The molecule has 2 aromatic rings. The number of benzene rings is 2. The zero-order valence-corrected chi connectivity index (χ0v) is 15.6. The fourth-order valence-corrected chi connectivity index (χ4v) is 3.39. The van der Waals surface area contributed by atoms with Crippen LogP contribution in [-0.2, 0) is 20.9 Å². The first-order valence-corrected chi connectivity index (χ1v) is 9.22. The van der Waals surface area contributed by atoms with Gasteiger partial charge in [-0.05, 0) is 23.8 Å². The number of carbonyl (C=O) groups is 2. The predicted molar refractivity (Wildman–Crippen MR) is 103 cm³/mol. The summed E-state index contributed by atoms with van der Waals surface area (Å²) in [5, 5.41) is 2.88. The average molecular weight is 379 g/mol. The summed E-state index contributed by atoms with van der Waals surface area (Å²) in [6.07, 6.45) is 0.625. The lowest BCUT2D eigenvalue weighted by Gasteiger charge is -2.28. The van der Waals surface area contributed by atoms with Gasteiger partial charge in [-0.2, -0.15) is 0 Å². The van der Waals surface area contributed by atoms with E-state index in [0.29, 0.717) is 32.1 Å². The second-order valence-electron chi connectivity index (χ2n) is 6.70. The summed E-state index contributed by atoms with van der Waals surface area (Å²) >= 11 is 0. The summed E-state index contributed by atoms with van der Waals surface area (Å²) in [6, 6.07) is 15.0. The Bertz CT molecular complexity index is 927. The largest absolute Gasteiger partial charge is 0.493 e. The summed E-state index contributed by atoms with van der Waals surface area (Å²) in [7, 11) is 0. The van der Waals surface area contributed by atoms with Crippen molar-refractivity contribution in [2.24, 2.45) is 4.99 Å². The molecule has 0 aromatic heterocycles. The van der Waals surface area contributed by atoms with Crippen molar-refractivity contribution in [2.75, 3.05) is 13.2 Å². The third-order valence-electron chi connectivity index (χ3n) is 4.66. The number of ether oxygens (including phenoxy) is 2. The summed E-state index contributed by atoms with van der Waals surface area (Å²) < 4.78 is 10.7. The van der Waals surface area contributed by atoms with Crippen LogP contribution in [0.1, 0.15) is 30.5 Å². The zero-order valence-electron chi connectivity index (χ0n) is 15.6. The fraction of sp³-hybridized carbons (Fsp3) is 0.286. The van der Waals surface area contributed by atoms with E-state index in [1.54, 1.807) is 0 Å². The van der Waals surface area contributed by atoms with Crippen LogP contribution in [0.3, 0.4) is 0 Å². The first kappa shape index (κ1) is 18.0. The molecule has 1 unspecified atom stereocenters. The van der Waals surface area contributed by atoms with Gasteiger partial charge in [-0.3, -0.25) is 14.9 Å². The number of guanidine groups is 1. The second-order valence-corrected chi connectivity index (χ2v) is 6.70. The molecule has 7 nitrogen and oxygen atoms in total. The number of hydrogen-bond donors (Lipinski definition) is 1. The third kappa shape index (κ3) is 3.69. The average Bonchev–Trinajstić information content (AvgIpc) is 3.00. The van der Waals surface area contributed by atoms with E-state index >= 15 is 0 Å². The Kier molecular flexibility index (Phi) is 4.97. The quantitative estimate of drug-likeness (QED) is 0.617. The number of nitrogens with zero attached hydrogens (tertiary/aromatic N) is 2. The second kappa shape index (κ2) is 7.72. The minimum Gasteiger partial charge on any atom is -0.493 e. The molecule has 0 radical (unpaired) electrons. The monoisotopic (exact) mass is 379 g/mol. The summed E-state index contributed by atoms with van der Waals surface area (Å²) in [5.74, 6) is 0.959. The first-order valence-electron chi connectivity index (χ1n) is 9.22. The molecule has 144 valence electrons. The van der Waals surface area contributed by atoms with Crippen molar-refractivity contribution in [3.05, 3.63) is 59.7 Å². The van der Waals surface area contributed by atoms with E-state index in [9.17, 15) is 9.59 Å². The van der Waals surface area contributed by atoms with Crippen molar-refractivity contribution in [2.45, 2.75) is 25.9 Å². The first-order chi connectivity index (χ1) is 13.6. The number of aliphatic imine (C=N–C) groups is 1. The third-order valence-corrected chi connectivity index (χ3v) is 4.66. The van der Waals surface area contributed by atoms with Gasteiger partial charge in [0.2, 0.25) is 5.96 Å². The summed E-state index contributed by atoms with van der Waals surface area (Å²) in [6.45, 7) is 2.75. The molecule has 2 heterocycles. The highest BCUT2D eigenvalue weighted by Gasteiger charge is 2.39. The Balaban J connectivity index is 1.47. The van der Waals surface area contributed by atoms with E-state index in [-0.39, 0.29) is 17.9 Å². The molecule has 1 saturated heterocycles. The molecule has 1 fully saturated rings. The normalized spacial score (nSPS) is 17.3. The van der Waals surface area contributed by atoms with Crippen molar-refractivity contribution < 1.29 is 19.1 Å². The van der Waals surface area contributed by atoms with E-state index < -0.39 is 0 Å². The Morgan fingerprint density at radius 3 is 2.82 bits per heavy atom. The molecule has 1 amide bonds. The summed E-state index contributed by atoms with van der Waals surface area (Å²) in [4.78, 5) is 29.9.